The van der Waals surface area contributed by atoms with Gasteiger partial charge in [-0.1, -0.05) is 6.92 Å². The van der Waals surface area contributed by atoms with E-state index in [0.29, 0.717) is 0 Å². The molecule has 116 valence electrons. The largest absolute Gasteiger partial charge is 0.394 e. The summed E-state index contributed by atoms with van der Waals surface area (Å²) in [4.78, 5) is 26.8. The van der Waals surface area contributed by atoms with Gasteiger partial charge in [0.05, 0.1) is 6.61 Å². The van der Waals surface area contributed by atoms with E-state index in [9.17, 15) is 19.8 Å². The topological polar surface area (TPSA) is 134 Å². The van der Waals surface area contributed by atoms with Crippen LogP contribution >= 0.6 is 0 Å². The Hall–Kier alpha value is -1.81. The number of amides is 1. The van der Waals surface area contributed by atoms with Crippen LogP contribution in [0.3, 0.4) is 0 Å². The lowest BCUT2D eigenvalue weighted by Crippen LogP contribution is -2.36. The monoisotopic (exact) mass is 299 g/mol. The summed E-state index contributed by atoms with van der Waals surface area (Å²) in [6.07, 6.45) is -3.24. The second-order valence-corrected chi connectivity index (χ2v) is 4.63. The molecule has 0 aromatic carbocycles. The molecule has 9 nitrogen and oxygen atoms in total. The number of aromatic nitrogens is 2. The first kappa shape index (κ1) is 15.6. The maximum Gasteiger partial charge on any atom is 0.351 e. The molecule has 1 aliphatic rings. The number of hydrogen-bond acceptors (Lipinski definition) is 7. The van der Waals surface area contributed by atoms with Gasteiger partial charge in [-0.15, -0.1) is 0 Å². The minimum absolute atomic E-state index is 0.0924. The lowest BCUT2D eigenvalue weighted by Gasteiger charge is -2.17. The molecular weight excluding hydrogens is 282 g/mol. The highest BCUT2D eigenvalue weighted by Crippen LogP contribution is 2.28. The Kier molecular flexibility index (Phi) is 4.68. The molecule has 1 fully saturated rings. The van der Waals surface area contributed by atoms with Crippen molar-refractivity contribution >= 4 is 11.7 Å². The Bertz CT molecular complexity index is 574. The second kappa shape index (κ2) is 6.31. The van der Waals surface area contributed by atoms with Gasteiger partial charge in [-0.2, -0.15) is 4.98 Å². The Morgan fingerprint density at radius 2 is 2.19 bits per heavy atom. The maximum absolute atomic E-state index is 11.9. The van der Waals surface area contributed by atoms with Gasteiger partial charge in [-0.3, -0.25) is 9.36 Å². The normalized spacial score (nSPS) is 28.6. The fourth-order valence-corrected chi connectivity index (χ4v) is 2.02. The molecule has 0 spiro atoms. The van der Waals surface area contributed by atoms with Crippen LogP contribution in [-0.2, 0) is 9.53 Å². The van der Waals surface area contributed by atoms with Gasteiger partial charge in [0.15, 0.2) is 6.23 Å². The molecule has 4 atom stereocenters. The molecule has 2 heterocycles. The summed E-state index contributed by atoms with van der Waals surface area (Å²) in [5.41, 5.74) is -0.751. The zero-order valence-corrected chi connectivity index (χ0v) is 11.3. The van der Waals surface area contributed by atoms with Gasteiger partial charge < -0.3 is 25.4 Å². The summed E-state index contributed by atoms with van der Waals surface area (Å²) in [6, 6.07) is 1.38. The average Bonchev–Trinajstić information content (AvgIpc) is 2.75. The molecule has 9 heteroatoms. The van der Waals surface area contributed by atoms with Gasteiger partial charge in [0.1, 0.15) is 24.1 Å². The molecule has 1 aromatic heterocycles. The minimum atomic E-state index is -1.36. The summed E-state index contributed by atoms with van der Waals surface area (Å²) in [6.45, 7) is 1.18. The first-order chi connectivity index (χ1) is 9.97. The number of ether oxygens (including phenoxy) is 1. The third-order valence-corrected chi connectivity index (χ3v) is 3.21. The lowest BCUT2D eigenvalue weighted by atomic mass is 10.1. The van der Waals surface area contributed by atoms with Crippen LogP contribution < -0.4 is 11.0 Å². The van der Waals surface area contributed by atoms with E-state index >= 15 is 0 Å². The van der Waals surface area contributed by atoms with Gasteiger partial charge in [0, 0.05) is 12.6 Å². The zero-order chi connectivity index (χ0) is 15.6. The SMILES string of the molecule is CCC(=O)Nc1ccn(C2OC(CO)C(O)C2O)c(=O)n1. The number of rotatable bonds is 4. The number of anilines is 1. The number of carbonyl (C=O) groups excluding carboxylic acids is 1. The molecule has 4 unspecified atom stereocenters. The molecule has 0 saturated carbocycles. The number of nitrogens with zero attached hydrogens (tertiary/aromatic N) is 2. The van der Waals surface area contributed by atoms with Gasteiger partial charge in [-0.25, -0.2) is 4.79 Å². The molecule has 1 aliphatic heterocycles. The molecule has 0 radical (unpaired) electrons. The Labute approximate surface area is 119 Å². The van der Waals surface area contributed by atoms with Crippen molar-refractivity contribution in [2.45, 2.75) is 37.9 Å². The van der Waals surface area contributed by atoms with Crippen LogP contribution in [0.1, 0.15) is 19.6 Å². The predicted molar refractivity (Wildman–Crippen MR) is 70.4 cm³/mol. The third-order valence-electron chi connectivity index (χ3n) is 3.21. The fraction of sp³-hybridized carbons (Fsp3) is 0.583. The van der Waals surface area contributed by atoms with E-state index in [0.717, 1.165) is 4.57 Å². The Morgan fingerprint density at radius 3 is 2.71 bits per heavy atom. The number of carbonyl (C=O) groups is 1. The minimum Gasteiger partial charge on any atom is -0.394 e. The first-order valence-corrected chi connectivity index (χ1v) is 6.49. The molecule has 2 rings (SSSR count). The third kappa shape index (κ3) is 3.10. The quantitative estimate of drug-likeness (QED) is 0.515. The van der Waals surface area contributed by atoms with Crippen LogP contribution in [0.5, 0.6) is 0 Å². The Balaban J connectivity index is 2.22. The standard InChI is InChI=1S/C12H17N3O6/c1-2-8(17)13-7-3-4-15(12(20)14-7)11-10(19)9(18)6(5-16)21-11/h3-4,6,9-11,16,18-19H,2,5H2,1H3,(H,13,14,17,20). The van der Waals surface area contributed by atoms with E-state index in [1.54, 1.807) is 6.92 Å². The van der Waals surface area contributed by atoms with Crippen molar-refractivity contribution in [3.8, 4) is 0 Å². The number of nitrogens with one attached hydrogen (secondary N) is 1. The molecule has 1 aromatic rings. The highest BCUT2D eigenvalue weighted by Gasteiger charge is 2.43. The van der Waals surface area contributed by atoms with Crippen LogP contribution in [0.4, 0.5) is 5.82 Å². The first-order valence-electron chi connectivity index (χ1n) is 6.49. The van der Waals surface area contributed by atoms with E-state index in [4.69, 9.17) is 9.84 Å². The smallest absolute Gasteiger partial charge is 0.351 e. The van der Waals surface area contributed by atoms with Crippen molar-refractivity contribution in [1.82, 2.24) is 9.55 Å². The number of aliphatic hydroxyl groups excluding tert-OH is 3. The molecule has 1 saturated heterocycles. The van der Waals surface area contributed by atoms with E-state index in [-0.39, 0.29) is 18.1 Å². The fourth-order valence-electron chi connectivity index (χ4n) is 2.02. The van der Waals surface area contributed by atoms with Crippen molar-refractivity contribution in [3.05, 3.63) is 22.7 Å². The van der Waals surface area contributed by atoms with Gasteiger partial charge in [0.25, 0.3) is 0 Å². The second-order valence-electron chi connectivity index (χ2n) is 4.63. The average molecular weight is 299 g/mol. The molecular formula is C12H17N3O6. The number of hydrogen-bond donors (Lipinski definition) is 4. The van der Waals surface area contributed by atoms with Crippen LogP contribution in [0.25, 0.3) is 0 Å². The molecule has 0 aliphatic carbocycles. The zero-order valence-electron chi connectivity index (χ0n) is 11.3. The van der Waals surface area contributed by atoms with Crippen LogP contribution in [-0.4, -0.2) is 55.7 Å². The van der Waals surface area contributed by atoms with Crippen LogP contribution in [0, 0.1) is 0 Å². The Morgan fingerprint density at radius 1 is 1.48 bits per heavy atom. The van der Waals surface area contributed by atoms with E-state index in [2.05, 4.69) is 10.3 Å². The van der Waals surface area contributed by atoms with Crippen molar-refractivity contribution in [3.63, 3.8) is 0 Å². The van der Waals surface area contributed by atoms with E-state index in [1.165, 1.54) is 12.3 Å². The lowest BCUT2D eigenvalue weighted by molar-refractivity contribution is -0.115. The predicted octanol–water partition coefficient (Wildman–Crippen LogP) is -1.80. The highest BCUT2D eigenvalue weighted by molar-refractivity contribution is 5.89. The summed E-state index contributed by atoms with van der Waals surface area (Å²) in [7, 11) is 0. The van der Waals surface area contributed by atoms with Gasteiger partial charge in [-0.05, 0) is 6.07 Å². The molecule has 0 bridgehead atoms. The van der Waals surface area contributed by atoms with E-state index in [1.807, 2.05) is 0 Å². The summed E-state index contributed by atoms with van der Waals surface area (Å²) in [5, 5.41) is 31.0. The van der Waals surface area contributed by atoms with Crippen molar-refractivity contribution in [1.29, 1.82) is 0 Å². The van der Waals surface area contributed by atoms with Crippen LogP contribution in [0.15, 0.2) is 17.1 Å². The summed E-state index contributed by atoms with van der Waals surface area (Å²) in [5.74, 6) is -0.192. The van der Waals surface area contributed by atoms with E-state index < -0.39 is 36.8 Å². The number of aliphatic hydroxyl groups is 3. The molecule has 1 amide bonds. The maximum atomic E-state index is 11.9. The van der Waals surface area contributed by atoms with Gasteiger partial charge >= 0.3 is 5.69 Å². The van der Waals surface area contributed by atoms with Crippen molar-refractivity contribution in [2.24, 2.45) is 0 Å². The molecule has 21 heavy (non-hydrogen) atoms. The highest BCUT2D eigenvalue weighted by atomic mass is 16.6. The summed E-state index contributed by atoms with van der Waals surface area (Å²) >= 11 is 0. The van der Waals surface area contributed by atoms with Crippen LogP contribution in [0.2, 0.25) is 0 Å². The molecule has 4 N–H and O–H groups in total. The van der Waals surface area contributed by atoms with Gasteiger partial charge in [0.2, 0.25) is 5.91 Å². The van der Waals surface area contributed by atoms with Crippen molar-refractivity contribution < 1.29 is 24.9 Å². The summed E-state index contributed by atoms with van der Waals surface area (Å²) < 4.78 is 6.22. The van der Waals surface area contributed by atoms with Crippen molar-refractivity contribution in [2.75, 3.05) is 11.9 Å².